The number of carbonyl (C=O) groups excluding carboxylic acids is 1. The highest BCUT2D eigenvalue weighted by molar-refractivity contribution is 7.21. The van der Waals surface area contributed by atoms with Crippen molar-refractivity contribution in [3.05, 3.63) is 83.4 Å². The molecule has 0 fully saturated rings. The number of para-hydroxylation sites is 1. The first-order valence-corrected chi connectivity index (χ1v) is 10.1. The molecule has 4 aromatic rings. The van der Waals surface area contributed by atoms with E-state index >= 15 is 0 Å². The van der Waals surface area contributed by atoms with Crippen LogP contribution in [0, 0.1) is 0 Å². The van der Waals surface area contributed by atoms with Crippen LogP contribution in [0.2, 0.25) is 5.02 Å². The second-order valence-corrected chi connectivity index (χ2v) is 7.74. The van der Waals surface area contributed by atoms with E-state index in [1.54, 1.807) is 36.7 Å². The van der Waals surface area contributed by atoms with Crippen molar-refractivity contribution < 1.29 is 9.53 Å². The monoisotopic (exact) mass is 420 g/mol. The molecule has 0 spiro atoms. The molecule has 0 unspecified atom stereocenters. The zero-order valence-electron chi connectivity index (χ0n) is 15.6. The molecule has 1 N–H and O–H groups in total. The molecule has 0 bridgehead atoms. The number of halogens is 1. The summed E-state index contributed by atoms with van der Waals surface area (Å²) in [7, 11) is 1.58. The second-order valence-electron chi connectivity index (χ2n) is 6.28. The summed E-state index contributed by atoms with van der Waals surface area (Å²) >= 11 is 7.50. The molecule has 0 aliphatic carbocycles. The quantitative estimate of drug-likeness (QED) is 0.387. The van der Waals surface area contributed by atoms with Gasteiger partial charge in [-0.1, -0.05) is 35.9 Å². The van der Waals surface area contributed by atoms with E-state index < -0.39 is 0 Å². The third-order valence-corrected chi connectivity index (χ3v) is 5.63. The van der Waals surface area contributed by atoms with Crippen LogP contribution in [0.4, 0.5) is 5.69 Å². The van der Waals surface area contributed by atoms with Crippen LogP contribution in [0.5, 0.6) is 5.75 Å². The summed E-state index contributed by atoms with van der Waals surface area (Å²) in [6, 6.07) is 20.9. The van der Waals surface area contributed by atoms with Crippen molar-refractivity contribution in [1.82, 2.24) is 4.98 Å². The Morgan fingerprint density at radius 1 is 1.10 bits per heavy atom. The van der Waals surface area contributed by atoms with E-state index in [2.05, 4.69) is 10.3 Å². The molecule has 0 atom stereocenters. The third-order valence-electron chi connectivity index (χ3n) is 4.30. The van der Waals surface area contributed by atoms with Gasteiger partial charge in [-0.3, -0.25) is 4.79 Å². The van der Waals surface area contributed by atoms with Crippen LogP contribution >= 0.6 is 22.9 Å². The molecule has 144 valence electrons. The number of nitrogens with zero attached hydrogens (tertiary/aromatic N) is 1. The number of hydrogen-bond donors (Lipinski definition) is 1. The molecule has 1 aromatic heterocycles. The molecular formula is C23H17ClN2O2S. The van der Waals surface area contributed by atoms with E-state index in [-0.39, 0.29) is 5.91 Å². The number of nitrogens with one attached hydrogen (secondary N) is 1. The van der Waals surface area contributed by atoms with Crippen LogP contribution < -0.4 is 10.1 Å². The number of amides is 1. The van der Waals surface area contributed by atoms with E-state index in [9.17, 15) is 4.79 Å². The average Bonchev–Trinajstić information content (AvgIpc) is 3.17. The molecule has 0 aliphatic rings. The highest BCUT2D eigenvalue weighted by Gasteiger charge is 2.11. The van der Waals surface area contributed by atoms with Gasteiger partial charge in [0.1, 0.15) is 10.8 Å². The van der Waals surface area contributed by atoms with Crippen molar-refractivity contribution in [2.45, 2.75) is 0 Å². The average molecular weight is 421 g/mol. The van der Waals surface area contributed by atoms with Crippen LogP contribution in [0.1, 0.15) is 5.56 Å². The second kappa shape index (κ2) is 8.47. The summed E-state index contributed by atoms with van der Waals surface area (Å²) in [6.07, 6.45) is 3.21. The van der Waals surface area contributed by atoms with Gasteiger partial charge in [0, 0.05) is 16.7 Å². The van der Waals surface area contributed by atoms with Crippen molar-refractivity contribution in [3.8, 4) is 16.3 Å². The fraction of sp³-hybridized carbons (Fsp3) is 0.0435. The molecule has 29 heavy (non-hydrogen) atoms. The molecule has 0 saturated carbocycles. The zero-order chi connectivity index (χ0) is 20.2. The summed E-state index contributed by atoms with van der Waals surface area (Å²) in [5.74, 6) is 0.336. The number of aromatic nitrogens is 1. The first kappa shape index (κ1) is 19.2. The number of carbonyl (C=O) groups is 1. The lowest BCUT2D eigenvalue weighted by atomic mass is 10.2. The van der Waals surface area contributed by atoms with Crippen LogP contribution in [0.3, 0.4) is 0 Å². The normalized spacial score (nSPS) is 11.1. The Morgan fingerprint density at radius 2 is 1.90 bits per heavy atom. The smallest absolute Gasteiger partial charge is 0.248 e. The minimum Gasteiger partial charge on any atom is -0.495 e. The predicted molar refractivity (Wildman–Crippen MR) is 121 cm³/mol. The molecule has 0 saturated heterocycles. The van der Waals surface area contributed by atoms with Gasteiger partial charge in [0.2, 0.25) is 5.91 Å². The fourth-order valence-corrected chi connectivity index (χ4v) is 3.94. The summed E-state index contributed by atoms with van der Waals surface area (Å²) in [6.45, 7) is 0. The molecule has 0 aliphatic heterocycles. The zero-order valence-corrected chi connectivity index (χ0v) is 17.1. The summed E-state index contributed by atoms with van der Waals surface area (Å²) in [5.41, 5.74) is 3.36. The standard InChI is InChI=1S/C23H17ClN2O2S/c1-28-20-12-9-16(23-26-18-4-2-3-5-21(18)29-23)14-19(20)25-22(27)13-8-15-6-10-17(24)11-7-15/h2-14H,1H3,(H,25,27)/b13-8+. The highest BCUT2D eigenvalue weighted by atomic mass is 35.5. The minimum atomic E-state index is -0.250. The SMILES string of the molecule is COc1ccc(-c2nc3ccccc3s2)cc1NC(=O)/C=C/c1ccc(Cl)cc1. The Morgan fingerprint density at radius 3 is 2.66 bits per heavy atom. The van der Waals surface area contributed by atoms with Crippen molar-refractivity contribution >= 4 is 50.8 Å². The maximum atomic E-state index is 12.4. The maximum Gasteiger partial charge on any atom is 0.248 e. The molecular weight excluding hydrogens is 404 g/mol. The Hall–Kier alpha value is -3.15. The molecule has 4 rings (SSSR count). The van der Waals surface area contributed by atoms with Gasteiger partial charge in [-0.15, -0.1) is 11.3 Å². The largest absolute Gasteiger partial charge is 0.495 e. The number of ether oxygens (including phenoxy) is 1. The predicted octanol–water partition coefficient (Wildman–Crippen LogP) is 6.28. The Kier molecular flexibility index (Phi) is 5.60. The van der Waals surface area contributed by atoms with Crippen LogP contribution in [-0.2, 0) is 4.79 Å². The van der Waals surface area contributed by atoms with Gasteiger partial charge in [-0.2, -0.15) is 0 Å². The lowest BCUT2D eigenvalue weighted by Crippen LogP contribution is -2.09. The van der Waals surface area contributed by atoms with Crippen LogP contribution in [-0.4, -0.2) is 18.0 Å². The van der Waals surface area contributed by atoms with Gasteiger partial charge in [-0.25, -0.2) is 4.98 Å². The van der Waals surface area contributed by atoms with Crippen molar-refractivity contribution in [2.75, 3.05) is 12.4 Å². The minimum absolute atomic E-state index is 0.250. The Bertz CT molecular complexity index is 1170. The van der Waals surface area contributed by atoms with Gasteiger partial charge in [0.25, 0.3) is 0 Å². The number of thiazole rings is 1. The Labute approximate surface area is 177 Å². The first-order chi connectivity index (χ1) is 14.1. The van der Waals surface area contributed by atoms with Crippen LogP contribution in [0.25, 0.3) is 26.9 Å². The van der Waals surface area contributed by atoms with E-state index in [1.165, 1.54) is 6.08 Å². The number of fused-ring (bicyclic) bond motifs is 1. The molecule has 1 amide bonds. The van der Waals surface area contributed by atoms with Crippen molar-refractivity contribution in [1.29, 1.82) is 0 Å². The number of hydrogen-bond acceptors (Lipinski definition) is 4. The lowest BCUT2D eigenvalue weighted by molar-refractivity contribution is -0.111. The third kappa shape index (κ3) is 4.47. The number of rotatable bonds is 5. The molecule has 1 heterocycles. The van der Waals surface area contributed by atoms with Crippen molar-refractivity contribution in [2.24, 2.45) is 0 Å². The molecule has 3 aromatic carbocycles. The first-order valence-electron chi connectivity index (χ1n) is 8.91. The summed E-state index contributed by atoms with van der Waals surface area (Å²) in [5, 5.41) is 4.43. The summed E-state index contributed by atoms with van der Waals surface area (Å²) < 4.78 is 6.52. The highest BCUT2D eigenvalue weighted by Crippen LogP contribution is 2.34. The van der Waals surface area contributed by atoms with Gasteiger partial charge in [-0.05, 0) is 54.1 Å². The lowest BCUT2D eigenvalue weighted by Gasteiger charge is -2.10. The van der Waals surface area contributed by atoms with Gasteiger partial charge in [0.15, 0.2) is 0 Å². The van der Waals surface area contributed by atoms with Gasteiger partial charge in [0.05, 0.1) is 23.0 Å². The number of methoxy groups -OCH3 is 1. The van der Waals surface area contributed by atoms with E-state index in [4.69, 9.17) is 16.3 Å². The van der Waals surface area contributed by atoms with Gasteiger partial charge < -0.3 is 10.1 Å². The van der Waals surface area contributed by atoms with Crippen molar-refractivity contribution in [3.63, 3.8) is 0 Å². The molecule has 4 nitrogen and oxygen atoms in total. The maximum absolute atomic E-state index is 12.4. The number of benzene rings is 3. The van der Waals surface area contributed by atoms with E-state index in [0.717, 1.165) is 26.4 Å². The summed E-state index contributed by atoms with van der Waals surface area (Å²) in [4.78, 5) is 17.1. The molecule has 0 radical (unpaired) electrons. The Balaban J connectivity index is 1.58. The molecule has 6 heteroatoms. The van der Waals surface area contributed by atoms with E-state index in [1.807, 2.05) is 54.6 Å². The van der Waals surface area contributed by atoms with Gasteiger partial charge >= 0.3 is 0 Å². The van der Waals surface area contributed by atoms with Crippen LogP contribution in [0.15, 0.2) is 72.8 Å². The topological polar surface area (TPSA) is 51.2 Å². The number of anilines is 1. The van der Waals surface area contributed by atoms with E-state index in [0.29, 0.717) is 16.5 Å². The fourth-order valence-electron chi connectivity index (χ4n) is 2.85.